The highest BCUT2D eigenvalue weighted by atomic mass is 79.9. The van der Waals surface area contributed by atoms with Crippen molar-refractivity contribution in [1.29, 1.82) is 0 Å². The van der Waals surface area contributed by atoms with Crippen LogP contribution >= 0.6 is 15.9 Å². The molecule has 0 aromatic heterocycles. The molecule has 0 spiro atoms. The van der Waals surface area contributed by atoms with Crippen LogP contribution in [0.3, 0.4) is 0 Å². The SMILES string of the molecule is CC(C)c1ccc2cc(S(=O)(=O)N[C@H](C(=O)N3C4CCC3CC(N)C4)C(F)(F)c3ccc(Br)cc3)ccc2c1. The minimum absolute atomic E-state index is 0.109. The number of alkyl halides is 2. The Bertz CT molecular complexity index is 1480. The number of nitrogens with zero attached hydrogens (tertiary/aromatic N) is 1. The molecule has 2 aliphatic heterocycles. The highest BCUT2D eigenvalue weighted by Gasteiger charge is 2.53. The molecule has 2 aliphatic rings. The third-order valence-corrected chi connectivity index (χ3v) is 9.90. The zero-order valence-corrected chi connectivity index (χ0v) is 24.2. The van der Waals surface area contributed by atoms with Crippen LogP contribution in [0.4, 0.5) is 8.78 Å². The lowest BCUT2D eigenvalue weighted by Gasteiger charge is -2.41. The summed E-state index contributed by atoms with van der Waals surface area (Å²) in [4.78, 5) is 15.1. The van der Waals surface area contributed by atoms with E-state index in [0.717, 1.165) is 10.9 Å². The van der Waals surface area contributed by atoms with Crippen molar-refractivity contribution in [3.63, 3.8) is 0 Å². The van der Waals surface area contributed by atoms with Gasteiger partial charge in [0.05, 0.1) is 4.90 Å². The molecule has 0 aliphatic carbocycles. The van der Waals surface area contributed by atoms with Crippen molar-refractivity contribution in [3.8, 4) is 0 Å². The zero-order chi connectivity index (χ0) is 28.1. The second-order valence-electron chi connectivity index (χ2n) is 11.0. The lowest BCUT2D eigenvalue weighted by Crippen LogP contribution is -2.60. The van der Waals surface area contributed by atoms with Gasteiger partial charge in [0.2, 0.25) is 15.9 Å². The summed E-state index contributed by atoms with van der Waals surface area (Å²) in [5, 5.41) is 1.50. The molecule has 3 aromatic rings. The third kappa shape index (κ3) is 5.49. The van der Waals surface area contributed by atoms with E-state index < -0.39 is 33.5 Å². The van der Waals surface area contributed by atoms with E-state index >= 15 is 8.78 Å². The van der Waals surface area contributed by atoms with Gasteiger partial charge in [-0.2, -0.15) is 13.5 Å². The molecule has 208 valence electrons. The van der Waals surface area contributed by atoms with Gasteiger partial charge in [0, 0.05) is 28.2 Å². The molecule has 6 nitrogen and oxygen atoms in total. The number of hydrogen-bond acceptors (Lipinski definition) is 4. The monoisotopic (exact) mass is 619 g/mol. The van der Waals surface area contributed by atoms with Crippen LogP contribution in [0.2, 0.25) is 0 Å². The van der Waals surface area contributed by atoms with Gasteiger partial charge in [-0.1, -0.05) is 66.2 Å². The summed E-state index contributed by atoms with van der Waals surface area (Å²) in [6.45, 7) is 4.13. The Morgan fingerprint density at radius 2 is 1.59 bits per heavy atom. The molecular formula is C29H32BrF2N3O3S. The first kappa shape index (κ1) is 28.1. The topological polar surface area (TPSA) is 92.5 Å². The van der Waals surface area contributed by atoms with Crippen LogP contribution < -0.4 is 10.5 Å². The highest BCUT2D eigenvalue weighted by molar-refractivity contribution is 9.10. The van der Waals surface area contributed by atoms with E-state index in [1.165, 1.54) is 41.3 Å². The minimum Gasteiger partial charge on any atom is -0.335 e. The molecule has 39 heavy (non-hydrogen) atoms. The number of amides is 1. The molecule has 1 amide bonds. The predicted molar refractivity (Wildman–Crippen MR) is 151 cm³/mol. The van der Waals surface area contributed by atoms with E-state index in [1.807, 2.05) is 18.2 Å². The molecule has 2 fully saturated rings. The van der Waals surface area contributed by atoms with Gasteiger partial charge in [-0.15, -0.1) is 0 Å². The Kier molecular flexibility index (Phi) is 7.60. The van der Waals surface area contributed by atoms with Crippen LogP contribution in [0.1, 0.15) is 56.6 Å². The van der Waals surface area contributed by atoms with Gasteiger partial charge in [0.25, 0.3) is 5.92 Å². The molecule has 0 saturated carbocycles. The Hall–Kier alpha value is -2.40. The van der Waals surface area contributed by atoms with Crippen LogP contribution in [0.25, 0.3) is 10.8 Å². The minimum atomic E-state index is -4.50. The van der Waals surface area contributed by atoms with E-state index in [9.17, 15) is 13.2 Å². The molecular weight excluding hydrogens is 588 g/mol. The Morgan fingerprint density at radius 1 is 1.00 bits per heavy atom. The van der Waals surface area contributed by atoms with E-state index in [-0.39, 0.29) is 23.0 Å². The number of sulfonamides is 1. The number of piperidine rings is 1. The molecule has 2 unspecified atom stereocenters. The third-order valence-electron chi connectivity index (χ3n) is 7.95. The maximum atomic E-state index is 16.1. The van der Waals surface area contributed by atoms with E-state index in [1.54, 1.807) is 6.07 Å². The van der Waals surface area contributed by atoms with Crippen LogP contribution in [-0.4, -0.2) is 43.4 Å². The summed E-state index contributed by atoms with van der Waals surface area (Å²) >= 11 is 3.24. The van der Waals surface area contributed by atoms with Gasteiger partial charge in [-0.3, -0.25) is 4.79 Å². The van der Waals surface area contributed by atoms with Crippen molar-refractivity contribution < 1.29 is 22.0 Å². The molecule has 0 radical (unpaired) electrons. The number of benzene rings is 3. The van der Waals surface area contributed by atoms with Crippen molar-refractivity contribution in [2.24, 2.45) is 5.73 Å². The maximum Gasteiger partial charge on any atom is 0.298 e. The first-order valence-corrected chi connectivity index (χ1v) is 15.4. The number of carbonyl (C=O) groups excluding carboxylic acids is 1. The molecule has 5 rings (SSSR count). The van der Waals surface area contributed by atoms with Crippen molar-refractivity contribution in [2.75, 3.05) is 0 Å². The number of rotatable bonds is 7. The second kappa shape index (κ2) is 10.5. The highest BCUT2D eigenvalue weighted by Crippen LogP contribution is 2.40. The smallest absolute Gasteiger partial charge is 0.298 e. The molecule has 3 aromatic carbocycles. The average Bonchev–Trinajstić information content (AvgIpc) is 3.17. The van der Waals surface area contributed by atoms with Gasteiger partial charge in [0.15, 0.2) is 6.04 Å². The lowest BCUT2D eigenvalue weighted by atomic mass is 9.95. The Labute approximate surface area is 236 Å². The quantitative estimate of drug-likeness (QED) is 0.358. The number of nitrogens with one attached hydrogen (secondary N) is 1. The summed E-state index contributed by atoms with van der Waals surface area (Å²) in [7, 11) is -4.50. The van der Waals surface area contributed by atoms with Gasteiger partial charge >= 0.3 is 0 Å². The molecule has 3 atom stereocenters. The first-order chi connectivity index (χ1) is 18.4. The largest absolute Gasteiger partial charge is 0.335 e. The number of halogens is 3. The van der Waals surface area contributed by atoms with Crippen molar-refractivity contribution >= 4 is 42.6 Å². The van der Waals surface area contributed by atoms with Gasteiger partial charge in [-0.25, -0.2) is 8.42 Å². The van der Waals surface area contributed by atoms with Crippen LogP contribution in [-0.2, 0) is 20.7 Å². The lowest BCUT2D eigenvalue weighted by molar-refractivity contribution is -0.149. The second-order valence-corrected chi connectivity index (χ2v) is 13.6. The summed E-state index contributed by atoms with van der Waals surface area (Å²) in [5.74, 6) is -4.44. The van der Waals surface area contributed by atoms with Crippen LogP contribution in [0.5, 0.6) is 0 Å². The van der Waals surface area contributed by atoms with E-state index in [0.29, 0.717) is 41.5 Å². The van der Waals surface area contributed by atoms with Crippen molar-refractivity contribution in [2.45, 2.75) is 80.4 Å². The molecule has 3 N–H and O–H groups in total. The van der Waals surface area contributed by atoms with Crippen LogP contribution in [0.15, 0.2) is 70.0 Å². The normalized spacial score (nSPS) is 22.4. The maximum absolute atomic E-state index is 16.1. The number of nitrogens with two attached hydrogens (primary N) is 1. The fraction of sp³-hybridized carbons (Fsp3) is 0.414. The molecule has 2 bridgehead atoms. The first-order valence-electron chi connectivity index (χ1n) is 13.1. The Balaban J connectivity index is 1.52. The molecule has 10 heteroatoms. The standard InChI is InChI=1S/C29H32BrF2N3O3S/c1-17(2)18-3-4-20-14-26(12-5-19(20)13-18)39(37,38)34-27(29(31,32)21-6-8-22(30)9-7-21)28(36)35-24-10-11-25(35)16-23(33)15-24/h3-9,12-14,17,23-25,27,34H,10-11,15-16,33H2,1-2H3/t23?,24?,25?,27-/m1/s1. The molecule has 2 heterocycles. The van der Waals surface area contributed by atoms with E-state index in [2.05, 4.69) is 34.5 Å². The van der Waals surface area contributed by atoms with Gasteiger partial charge in [-0.05, 0) is 72.2 Å². The average molecular weight is 621 g/mol. The fourth-order valence-corrected chi connectivity index (χ4v) is 7.33. The summed E-state index contributed by atoms with van der Waals surface area (Å²) in [5.41, 5.74) is 6.78. The van der Waals surface area contributed by atoms with Gasteiger partial charge < -0.3 is 10.6 Å². The summed E-state index contributed by atoms with van der Waals surface area (Å²) < 4.78 is 62.1. The summed E-state index contributed by atoms with van der Waals surface area (Å²) in [6, 6.07) is 12.5. The fourth-order valence-electron chi connectivity index (χ4n) is 5.84. The van der Waals surface area contributed by atoms with Crippen molar-refractivity contribution in [3.05, 3.63) is 76.3 Å². The summed E-state index contributed by atoms with van der Waals surface area (Å²) in [6.07, 6.45) is 2.34. The Morgan fingerprint density at radius 3 is 2.21 bits per heavy atom. The number of fused-ring (bicyclic) bond motifs is 3. The predicted octanol–water partition coefficient (Wildman–Crippen LogP) is 5.65. The van der Waals surface area contributed by atoms with Crippen molar-refractivity contribution in [1.82, 2.24) is 9.62 Å². The zero-order valence-electron chi connectivity index (χ0n) is 21.8. The van der Waals surface area contributed by atoms with Crippen LogP contribution in [0, 0.1) is 0 Å². The van der Waals surface area contributed by atoms with E-state index in [4.69, 9.17) is 5.73 Å². The number of carbonyl (C=O) groups is 1. The molecule has 2 saturated heterocycles. The number of hydrogen-bond donors (Lipinski definition) is 2. The van der Waals surface area contributed by atoms with Gasteiger partial charge in [0.1, 0.15) is 0 Å².